The number of carbonyl (C=O) groups excluding carboxylic acids is 1. The Morgan fingerprint density at radius 1 is 1.27 bits per heavy atom. The summed E-state index contributed by atoms with van der Waals surface area (Å²) in [5, 5.41) is 7.24. The molecule has 140 valence electrons. The van der Waals surface area contributed by atoms with Crippen LogP contribution in [0.5, 0.6) is 0 Å². The predicted octanol–water partition coefficient (Wildman–Crippen LogP) is -0.881. The van der Waals surface area contributed by atoms with Crippen molar-refractivity contribution in [3.8, 4) is 0 Å². The van der Waals surface area contributed by atoms with Crippen LogP contribution in [0.25, 0.3) is 10.2 Å². The maximum Gasteiger partial charge on any atom is 0.257 e. The summed E-state index contributed by atoms with van der Waals surface area (Å²) >= 11 is 6.68. The molecule has 2 heterocycles. The Balaban J connectivity index is 1.30. The number of benzene rings is 1. The van der Waals surface area contributed by atoms with E-state index in [-0.39, 0.29) is 12.5 Å². The van der Waals surface area contributed by atoms with Crippen molar-refractivity contribution in [2.45, 2.75) is 0 Å². The van der Waals surface area contributed by atoms with Crippen LogP contribution >= 0.6 is 23.6 Å². The lowest BCUT2D eigenvalue weighted by Gasteiger charge is -2.24. The molecule has 1 amide bonds. The molecular formula is C16H23N6O2S2+. The molecule has 1 aromatic carbocycles. The minimum Gasteiger partial charge on any atom is -0.370 e. The van der Waals surface area contributed by atoms with Gasteiger partial charge < -0.3 is 20.3 Å². The average Bonchev–Trinajstić information content (AvgIpc) is 3.08. The second kappa shape index (κ2) is 9.62. The minimum atomic E-state index is -0.216. The number of para-hydroxylation sites is 1. The van der Waals surface area contributed by atoms with Crippen LogP contribution < -0.4 is 26.4 Å². The van der Waals surface area contributed by atoms with Crippen molar-refractivity contribution in [2.24, 2.45) is 0 Å². The van der Waals surface area contributed by atoms with E-state index in [1.54, 1.807) is 0 Å². The molecule has 26 heavy (non-hydrogen) atoms. The van der Waals surface area contributed by atoms with E-state index in [0.29, 0.717) is 5.11 Å². The number of hydrogen-bond acceptors (Lipinski definition) is 6. The van der Waals surface area contributed by atoms with E-state index < -0.39 is 0 Å². The molecule has 1 aliphatic rings. The van der Waals surface area contributed by atoms with Crippen LogP contribution in [0, 0.1) is 0 Å². The number of amides is 1. The van der Waals surface area contributed by atoms with Gasteiger partial charge in [-0.25, -0.2) is 4.98 Å². The zero-order valence-electron chi connectivity index (χ0n) is 14.3. The quantitative estimate of drug-likeness (QED) is 0.320. The summed E-state index contributed by atoms with van der Waals surface area (Å²) in [6.07, 6.45) is 0. The standard InChI is InChI=1S/C16H22N6O2S2/c23-14(11-18-16-19-12-3-1-2-4-13(12)26-16)20-21-15(25)17-5-6-22-7-9-24-10-8-22/h1-4H,5-11H2,(H,18,19)(H,20,23)(H2,17,21,25)/p+1. The van der Waals surface area contributed by atoms with Crippen LogP contribution in [0.3, 0.4) is 0 Å². The molecule has 8 nitrogen and oxygen atoms in total. The van der Waals surface area contributed by atoms with Crippen molar-refractivity contribution in [3.63, 3.8) is 0 Å². The largest absolute Gasteiger partial charge is 0.370 e. The monoisotopic (exact) mass is 395 g/mol. The van der Waals surface area contributed by atoms with Gasteiger partial charge in [-0.05, 0) is 24.4 Å². The van der Waals surface area contributed by atoms with Crippen LogP contribution in [0.15, 0.2) is 24.3 Å². The molecule has 2 aromatic rings. The summed E-state index contributed by atoms with van der Waals surface area (Å²) in [6.45, 7) is 5.52. The number of aromatic nitrogens is 1. The Bertz CT molecular complexity index is 714. The van der Waals surface area contributed by atoms with Crippen LogP contribution in [-0.4, -0.2) is 61.9 Å². The molecule has 0 radical (unpaired) electrons. The number of quaternary nitrogens is 1. The number of hydrogen-bond donors (Lipinski definition) is 5. The van der Waals surface area contributed by atoms with E-state index in [2.05, 4.69) is 26.5 Å². The Morgan fingerprint density at radius 2 is 2.08 bits per heavy atom. The van der Waals surface area contributed by atoms with Gasteiger partial charge in [0.25, 0.3) is 5.91 Å². The molecule has 1 aliphatic heterocycles. The first-order valence-electron chi connectivity index (χ1n) is 8.54. The number of nitrogens with one attached hydrogen (secondary N) is 5. The smallest absolute Gasteiger partial charge is 0.257 e. The zero-order chi connectivity index (χ0) is 18.2. The highest BCUT2D eigenvalue weighted by molar-refractivity contribution is 7.80. The van der Waals surface area contributed by atoms with Gasteiger partial charge in [-0.1, -0.05) is 23.5 Å². The van der Waals surface area contributed by atoms with Crippen LogP contribution in [0.2, 0.25) is 0 Å². The molecule has 0 atom stereocenters. The summed E-state index contributed by atoms with van der Waals surface area (Å²) in [5.74, 6) is -0.216. The minimum absolute atomic E-state index is 0.118. The van der Waals surface area contributed by atoms with Crippen molar-refractivity contribution in [1.82, 2.24) is 21.2 Å². The fourth-order valence-electron chi connectivity index (χ4n) is 2.58. The number of hydrazine groups is 1. The third kappa shape index (κ3) is 5.77. The van der Waals surface area contributed by atoms with Crippen LogP contribution in [0.4, 0.5) is 5.13 Å². The Hall–Kier alpha value is -2.01. The average molecular weight is 396 g/mol. The molecule has 10 heteroatoms. The first-order chi connectivity index (χ1) is 12.7. The van der Waals surface area contributed by atoms with Gasteiger partial charge in [0, 0.05) is 0 Å². The second-order valence-electron chi connectivity index (χ2n) is 5.88. The van der Waals surface area contributed by atoms with Gasteiger partial charge in [-0.15, -0.1) is 0 Å². The number of thiocarbonyl (C=S) groups is 1. The van der Waals surface area contributed by atoms with E-state index in [4.69, 9.17) is 17.0 Å². The molecule has 0 saturated carbocycles. The van der Waals surface area contributed by atoms with Gasteiger partial charge in [-0.2, -0.15) is 0 Å². The van der Waals surface area contributed by atoms with Crippen molar-refractivity contribution < 1.29 is 14.4 Å². The molecule has 3 rings (SSSR count). The number of thiazole rings is 1. The highest BCUT2D eigenvalue weighted by Gasteiger charge is 2.13. The normalized spacial score (nSPS) is 14.8. The van der Waals surface area contributed by atoms with Crippen LogP contribution in [-0.2, 0) is 9.53 Å². The summed E-state index contributed by atoms with van der Waals surface area (Å²) < 4.78 is 6.41. The molecule has 1 aromatic heterocycles. The fourth-order valence-corrected chi connectivity index (χ4v) is 3.60. The lowest BCUT2D eigenvalue weighted by Crippen LogP contribution is -3.14. The van der Waals surface area contributed by atoms with Crippen molar-refractivity contribution in [1.29, 1.82) is 0 Å². The topological polar surface area (TPSA) is 91.8 Å². The SMILES string of the molecule is O=C(CNc1nc2ccccc2s1)NNC(=S)NCC[NH+]1CCOCC1. The third-order valence-electron chi connectivity index (χ3n) is 3.97. The maximum atomic E-state index is 11.9. The van der Waals surface area contributed by atoms with E-state index in [1.807, 2.05) is 24.3 Å². The molecule has 1 fully saturated rings. The van der Waals surface area contributed by atoms with Crippen molar-refractivity contribution in [3.05, 3.63) is 24.3 Å². The van der Waals surface area contributed by atoms with Crippen molar-refractivity contribution in [2.75, 3.05) is 51.3 Å². The van der Waals surface area contributed by atoms with E-state index in [9.17, 15) is 4.79 Å². The molecule has 5 N–H and O–H groups in total. The number of anilines is 1. The number of nitrogens with zero attached hydrogens (tertiary/aromatic N) is 1. The Labute approximate surface area is 161 Å². The summed E-state index contributed by atoms with van der Waals surface area (Å²) in [5.41, 5.74) is 6.21. The number of ether oxygens (including phenoxy) is 1. The number of morpholine rings is 1. The molecule has 0 unspecified atom stereocenters. The molecule has 0 spiro atoms. The predicted molar refractivity (Wildman–Crippen MR) is 106 cm³/mol. The zero-order valence-corrected chi connectivity index (χ0v) is 16.0. The van der Waals surface area contributed by atoms with Gasteiger partial charge >= 0.3 is 0 Å². The van der Waals surface area contributed by atoms with Gasteiger partial charge in [0.05, 0.1) is 43.1 Å². The Morgan fingerprint density at radius 3 is 2.88 bits per heavy atom. The number of fused-ring (bicyclic) bond motifs is 1. The molecular weight excluding hydrogens is 372 g/mol. The fraction of sp³-hybridized carbons (Fsp3) is 0.438. The van der Waals surface area contributed by atoms with E-state index in [0.717, 1.165) is 54.7 Å². The molecule has 1 saturated heterocycles. The van der Waals surface area contributed by atoms with E-state index >= 15 is 0 Å². The first kappa shape index (κ1) is 18.8. The summed E-state index contributed by atoms with van der Waals surface area (Å²) in [6, 6.07) is 7.86. The summed E-state index contributed by atoms with van der Waals surface area (Å²) in [7, 11) is 0. The number of rotatable bonds is 6. The van der Waals surface area contributed by atoms with E-state index in [1.165, 1.54) is 16.2 Å². The third-order valence-corrected chi connectivity index (χ3v) is 5.21. The van der Waals surface area contributed by atoms with Gasteiger partial charge in [0.2, 0.25) is 0 Å². The number of carbonyl (C=O) groups is 1. The van der Waals surface area contributed by atoms with Gasteiger partial charge in [0.1, 0.15) is 13.1 Å². The highest BCUT2D eigenvalue weighted by Crippen LogP contribution is 2.24. The highest BCUT2D eigenvalue weighted by atomic mass is 32.1. The maximum absolute atomic E-state index is 11.9. The lowest BCUT2D eigenvalue weighted by atomic mass is 10.3. The van der Waals surface area contributed by atoms with Crippen molar-refractivity contribution >= 4 is 49.9 Å². The lowest BCUT2D eigenvalue weighted by molar-refractivity contribution is -0.906. The Kier molecular flexibility index (Phi) is 6.95. The van der Waals surface area contributed by atoms with Gasteiger partial charge in [-0.3, -0.25) is 15.6 Å². The first-order valence-corrected chi connectivity index (χ1v) is 9.76. The van der Waals surface area contributed by atoms with Crippen LogP contribution in [0.1, 0.15) is 0 Å². The summed E-state index contributed by atoms with van der Waals surface area (Å²) in [4.78, 5) is 17.8. The molecule has 0 bridgehead atoms. The molecule has 0 aliphatic carbocycles. The second-order valence-corrected chi connectivity index (χ2v) is 7.32. The van der Waals surface area contributed by atoms with Gasteiger partial charge in [0.15, 0.2) is 10.2 Å².